The van der Waals surface area contributed by atoms with Gasteiger partial charge in [-0.1, -0.05) is 35.9 Å². The number of halogens is 1. The average Bonchev–Trinajstić information content (AvgIpc) is 3.46. The molecule has 8 heteroatoms. The van der Waals surface area contributed by atoms with Gasteiger partial charge in [-0.15, -0.1) is 5.10 Å². The Kier molecular flexibility index (Phi) is 5.29. The standard InChI is InChI=1S/C23H22ClN5O2/c1-15-8-9-16-12-17(22-25-26-27-29(22)21(16)11-15)13-28(14-18-5-4-10-31-18)23(30)19-6-2-3-7-20(19)24/h2-3,6-9,11-12,18H,4-5,10,13-14H2,1H3. The molecule has 0 bridgehead atoms. The normalized spacial score (nSPS) is 16.3. The van der Waals surface area contributed by atoms with Gasteiger partial charge < -0.3 is 9.64 Å². The monoisotopic (exact) mass is 435 g/mol. The summed E-state index contributed by atoms with van der Waals surface area (Å²) in [6, 6.07) is 15.4. The Bertz CT molecular complexity index is 1270. The summed E-state index contributed by atoms with van der Waals surface area (Å²) in [5.74, 6) is -0.129. The van der Waals surface area contributed by atoms with E-state index in [0.717, 1.165) is 41.5 Å². The highest BCUT2D eigenvalue weighted by atomic mass is 35.5. The summed E-state index contributed by atoms with van der Waals surface area (Å²) >= 11 is 6.34. The first kappa shape index (κ1) is 19.9. The third kappa shape index (κ3) is 3.86. The van der Waals surface area contributed by atoms with Crippen LogP contribution in [0.5, 0.6) is 0 Å². The zero-order valence-corrected chi connectivity index (χ0v) is 17.9. The van der Waals surface area contributed by atoms with E-state index in [-0.39, 0.29) is 12.0 Å². The fourth-order valence-corrected chi connectivity index (χ4v) is 4.36. The Morgan fingerprint density at radius 2 is 2.13 bits per heavy atom. The zero-order chi connectivity index (χ0) is 21.4. The molecule has 1 aliphatic rings. The van der Waals surface area contributed by atoms with Crippen LogP contribution in [0.2, 0.25) is 5.02 Å². The number of pyridine rings is 1. The molecule has 2 aromatic heterocycles. The van der Waals surface area contributed by atoms with E-state index in [9.17, 15) is 4.79 Å². The van der Waals surface area contributed by atoms with Crippen LogP contribution in [-0.4, -0.2) is 50.1 Å². The minimum Gasteiger partial charge on any atom is -0.376 e. The summed E-state index contributed by atoms with van der Waals surface area (Å²) in [6.07, 6.45) is 1.96. The molecule has 0 spiro atoms. The number of rotatable bonds is 5. The number of ether oxygens (including phenoxy) is 1. The molecule has 0 radical (unpaired) electrons. The van der Waals surface area contributed by atoms with E-state index < -0.39 is 0 Å². The van der Waals surface area contributed by atoms with Crippen molar-refractivity contribution in [3.63, 3.8) is 0 Å². The molecular weight excluding hydrogens is 414 g/mol. The molecule has 1 aliphatic heterocycles. The lowest BCUT2D eigenvalue weighted by Crippen LogP contribution is -2.37. The Balaban J connectivity index is 1.56. The molecule has 2 aromatic carbocycles. The lowest BCUT2D eigenvalue weighted by Gasteiger charge is -2.26. The van der Waals surface area contributed by atoms with Crippen molar-refractivity contribution < 1.29 is 9.53 Å². The van der Waals surface area contributed by atoms with Crippen molar-refractivity contribution in [3.8, 4) is 0 Å². The van der Waals surface area contributed by atoms with Gasteiger partial charge in [-0.25, -0.2) is 0 Å². The van der Waals surface area contributed by atoms with Crippen molar-refractivity contribution >= 4 is 34.1 Å². The van der Waals surface area contributed by atoms with Crippen LogP contribution in [0.15, 0.2) is 48.5 Å². The fraction of sp³-hybridized carbons (Fsp3) is 0.304. The maximum atomic E-state index is 13.5. The molecule has 31 heavy (non-hydrogen) atoms. The smallest absolute Gasteiger partial charge is 0.255 e. The van der Waals surface area contributed by atoms with Crippen molar-refractivity contribution in [2.24, 2.45) is 0 Å². The summed E-state index contributed by atoms with van der Waals surface area (Å²) in [5, 5.41) is 13.8. The number of fused-ring (bicyclic) bond motifs is 3. The molecule has 3 heterocycles. The Hall–Kier alpha value is -3.03. The van der Waals surface area contributed by atoms with E-state index in [1.165, 1.54) is 0 Å². The third-order valence-corrected chi connectivity index (χ3v) is 6.03. The quantitative estimate of drug-likeness (QED) is 0.472. The molecule has 1 fully saturated rings. The molecule has 0 saturated carbocycles. The number of tetrazole rings is 1. The van der Waals surface area contributed by atoms with E-state index in [0.29, 0.717) is 29.3 Å². The molecular formula is C23H22ClN5O2. The van der Waals surface area contributed by atoms with Gasteiger partial charge in [0.1, 0.15) is 0 Å². The molecule has 5 rings (SSSR count). The topological polar surface area (TPSA) is 72.6 Å². The number of nitrogens with zero attached hydrogens (tertiary/aromatic N) is 5. The number of aromatic nitrogens is 4. The maximum absolute atomic E-state index is 13.5. The predicted molar refractivity (Wildman–Crippen MR) is 118 cm³/mol. The first-order valence-electron chi connectivity index (χ1n) is 10.4. The number of benzene rings is 2. The van der Waals surface area contributed by atoms with E-state index in [2.05, 4.69) is 39.8 Å². The number of hydrogen-bond acceptors (Lipinski definition) is 5. The predicted octanol–water partition coefficient (Wildman–Crippen LogP) is 4.06. The summed E-state index contributed by atoms with van der Waals surface area (Å²) in [6.45, 7) is 3.61. The van der Waals surface area contributed by atoms with E-state index >= 15 is 0 Å². The minimum absolute atomic E-state index is 0.0153. The summed E-state index contributed by atoms with van der Waals surface area (Å²) < 4.78 is 7.56. The summed E-state index contributed by atoms with van der Waals surface area (Å²) in [4.78, 5) is 15.3. The van der Waals surface area contributed by atoms with Crippen LogP contribution < -0.4 is 0 Å². The van der Waals surface area contributed by atoms with Gasteiger partial charge in [0.25, 0.3) is 5.91 Å². The lowest BCUT2D eigenvalue weighted by molar-refractivity contribution is 0.0508. The van der Waals surface area contributed by atoms with E-state index in [4.69, 9.17) is 16.3 Å². The minimum atomic E-state index is -0.129. The van der Waals surface area contributed by atoms with Gasteiger partial charge in [0, 0.05) is 30.6 Å². The van der Waals surface area contributed by atoms with Gasteiger partial charge in [-0.3, -0.25) is 4.79 Å². The first-order valence-corrected chi connectivity index (χ1v) is 10.7. The summed E-state index contributed by atoms with van der Waals surface area (Å²) in [7, 11) is 0. The van der Waals surface area contributed by atoms with Crippen molar-refractivity contribution in [3.05, 3.63) is 70.2 Å². The SMILES string of the molecule is Cc1ccc2cc(CN(CC3CCCO3)C(=O)c3ccccc3Cl)c3nnnn3c2c1. The maximum Gasteiger partial charge on any atom is 0.255 e. The molecule has 1 atom stereocenters. The number of carbonyl (C=O) groups excluding carboxylic acids is 1. The Morgan fingerprint density at radius 1 is 1.26 bits per heavy atom. The molecule has 1 unspecified atom stereocenters. The van der Waals surface area contributed by atoms with Crippen molar-refractivity contribution in [1.29, 1.82) is 0 Å². The van der Waals surface area contributed by atoms with Crippen LogP contribution in [0.1, 0.15) is 34.3 Å². The second-order valence-electron chi connectivity index (χ2n) is 7.95. The highest BCUT2D eigenvalue weighted by Crippen LogP contribution is 2.25. The van der Waals surface area contributed by atoms with Crippen molar-refractivity contribution in [1.82, 2.24) is 24.9 Å². The van der Waals surface area contributed by atoms with Gasteiger partial charge in [0.2, 0.25) is 0 Å². The van der Waals surface area contributed by atoms with Crippen LogP contribution in [0, 0.1) is 6.92 Å². The fourth-order valence-electron chi connectivity index (χ4n) is 4.14. The zero-order valence-electron chi connectivity index (χ0n) is 17.2. The van der Waals surface area contributed by atoms with Gasteiger partial charge in [-0.2, -0.15) is 4.52 Å². The van der Waals surface area contributed by atoms with Crippen LogP contribution in [0.4, 0.5) is 0 Å². The number of carbonyl (C=O) groups is 1. The molecule has 0 aliphatic carbocycles. The molecule has 158 valence electrons. The van der Waals surface area contributed by atoms with Crippen LogP contribution in [0.3, 0.4) is 0 Å². The van der Waals surface area contributed by atoms with Crippen LogP contribution in [0.25, 0.3) is 16.6 Å². The largest absolute Gasteiger partial charge is 0.376 e. The van der Waals surface area contributed by atoms with Gasteiger partial charge in [-0.05, 0) is 60.0 Å². The molecule has 1 amide bonds. The third-order valence-electron chi connectivity index (χ3n) is 5.70. The highest BCUT2D eigenvalue weighted by Gasteiger charge is 2.26. The Morgan fingerprint density at radius 3 is 2.94 bits per heavy atom. The van der Waals surface area contributed by atoms with Crippen LogP contribution in [-0.2, 0) is 11.3 Å². The molecule has 1 saturated heterocycles. The molecule has 4 aromatic rings. The van der Waals surface area contributed by atoms with E-state index in [1.807, 2.05) is 19.1 Å². The first-order chi connectivity index (χ1) is 15.1. The second kappa shape index (κ2) is 8.24. The lowest BCUT2D eigenvalue weighted by atomic mass is 10.1. The average molecular weight is 436 g/mol. The molecule has 7 nitrogen and oxygen atoms in total. The number of amides is 1. The van der Waals surface area contributed by atoms with Gasteiger partial charge >= 0.3 is 0 Å². The van der Waals surface area contributed by atoms with Gasteiger partial charge in [0.15, 0.2) is 5.65 Å². The van der Waals surface area contributed by atoms with Gasteiger partial charge in [0.05, 0.1) is 22.2 Å². The van der Waals surface area contributed by atoms with E-state index in [1.54, 1.807) is 21.5 Å². The van der Waals surface area contributed by atoms with Crippen LogP contribution >= 0.6 is 11.6 Å². The molecule has 0 N–H and O–H groups in total. The Labute approximate surface area is 184 Å². The number of aryl methyl sites for hydroxylation is 1. The number of hydrogen-bond donors (Lipinski definition) is 0. The summed E-state index contributed by atoms with van der Waals surface area (Å²) in [5.41, 5.74) is 4.06. The van der Waals surface area contributed by atoms with Crippen molar-refractivity contribution in [2.75, 3.05) is 13.2 Å². The van der Waals surface area contributed by atoms with Crippen molar-refractivity contribution in [2.45, 2.75) is 32.4 Å². The second-order valence-corrected chi connectivity index (χ2v) is 8.35. The highest BCUT2D eigenvalue weighted by molar-refractivity contribution is 6.33.